The maximum absolute atomic E-state index is 13.7. The number of nitrogens with two attached hydrogens (primary N) is 1. The molecular formula is C13H18FNOS. The molecule has 0 amide bonds. The molecule has 0 spiro atoms. The summed E-state index contributed by atoms with van der Waals surface area (Å²) in [6, 6.07) is 4.54. The number of hydrogen-bond acceptors (Lipinski definition) is 2. The summed E-state index contributed by atoms with van der Waals surface area (Å²) in [5.41, 5.74) is 5.94. The summed E-state index contributed by atoms with van der Waals surface area (Å²) in [5, 5.41) is 0. The Bertz CT molecular complexity index is 406. The first-order chi connectivity index (χ1) is 7.90. The van der Waals surface area contributed by atoms with E-state index in [4.69, 9.17) is 22.7 Å². The molecule has 94 valence electrons. The molecule has 17 heavy (non-hydrogen) atoms. The van der Waals surface area contributed by atoms with Gasteiger partial charge in [0.15, 0.2) is 11.6 Å². The first-order valence-electron chi connectivity index (χ1n) is 5.66. The van der Waals surface area contributed by atoms with Crippen LogP contribution in [0.1, 0.15) is 32.8 Å². The number of thiocarbonyl (C=S) groups is 1. The van der Waals surface area contributed by atoms with Gasteiger partial charge < -0.3 is 10.5 Å². The number of ether oxygens (including phenoxy) is 1. The quantitative estimate of drug-likeness (QED) is 0.820. The van der Waals surface area contributed by atoms with Gasteiger partial charge in [0.25, 0.3) is 0 Å². The molecule has 0 aliphatic carbocycles. The maximum Gasteiger partial charge on any atom is 0.165 e. The van der Waals surface area contributed by atoms with Gasteiger partial charge in [-0.25, -0.2) is 4.39 Å². The van der Waals surface area contributed by atoms with E-state index >= 15 is 0 Å². The van der Waals surface area contributed by atoms with E-state index in [9.17, 15) is 4.39 Å². The van der Waals surface area contributed by atoms with Gasteiger partial charge in [-0.05, 0) is 37.5 Å². The van der Waals surface area contributed by atoms with Gasteiger partial charge in [-0.15, -0.1) is 0 Å². The molecule has 0 aromatic heterocycles. The average molecular weight is 255 g/mol. The molecular weight excluding hydrogens is 237 g/mol. The molecule has 0 fully saturated rings. The van der Waals surface area contributed by atoms with Gasteiger partial charge in [0.1, 0.15) is 4.99 Å². The second-order valence-electron chi connectivity index (χ2n) is 4.57. The van der Waals surface area contributed by atoms with Crippen LogP contribution in [-0.4, -0.2) is 11.1 Å². The highest BCUT2D eigenvalue weighted by atomic mass is 32.1. The Morgan fingerprint density at radius 2 is 2.06 bits per heavy atom. The van der Waals surface area contributed by atoms with Gasteiger partial charge in [0.2, 0.25) is 0 Å². The van der Waals surface area contributed by atoms with E-state index in [-0.39, 0.29) is 16.8 Å². The molecule has 1 unspecified atom stereocenters. The normalized spacial score (nSPS) is 12.5. The predicted molar refractivity (Wildman–Crippen MR) is 71.8 cm³/mol. The molecule has 1 aromatic rings. The lowest BCUT2D eigenvalue weighted by atomic mass is 10.1. The van der Waals surface area contributed by atoms with Crippen LogP contribution in [0, 0.1) is 11.7 Å². The fraction of sp³-hybridized carbons (Fsp3) is 0.462. The van der Waals surface area contributed by atoms with Gasteiger partial charge in [-0.3, -0.25) is 0 Å². The van der Waals surface area contributed by atoms with Crippen molar-refractivity contribution in [1.82, 2.24) is 0 Å². The number of benzene rings is 1. The minimum absolute atomic E-state index is 0.0137. The third-order valence-electron chi connectivity index (χ3n) is 2.35. The minimum atomic E-state index is -0.425. The molecule has 0 aliphatic rings. The molecule has 0 radical (unpaired) electrons. The first kappa shape index (κ1) is 13.9. The zero-order valence-electron chi connectivity index (χ0n) is 10.4. The molecule has 1 rings (SSSR count). The summed E-state index contributed by atoms with van der Waals surface area (Å²) in [6.07, 6.45) is 0.872. The van der Waals surface area contributed by atoms with Gasteiger partial charge in [0.05, 0.1) is 6.10 Å². The van der Waals surface area contributed by atoms with Crippen LogP contribution >= 0.6 is 12.2 Å². The summed E-state index contributed by atoms with van der Waals surface area (Å²) < 4.78 is 19.2. The molecule has 1 atom stereocenters. The summed E-state index contributed by atoms with van der Waals surface area (Å²) in [5.74, 6) is 0.341. The fourth-order valence-corrected chi connectivity index (χ4v) is 1.81. The summed E-state index contributed by atoms with van der Waals surface area (Å²) in [7, 11) is 0. The van der Waals surface area contributed by atoms with Crippen LogP contribution < -0.4 is 10.5 Å². The van der Waals surface area contributed by atoms with Gasteiger partial charge in [-0.1, -0.05) is 26.1 Å². The number of halogens is 1. The Morgan fingerprint density at radius 1 is 1.41 bits per heavy atom. The molecule has 0 saturated carbocycles. The van der Waals surface area contributed by atoms with Gasteiger partial charge in [-0.2, -0.15) is 0 Å². The Kier molecular flexibility index (Phi) is 4.87. The predicted octanol–water partition coefficient (Wildman–Crippen LogP) is 3.27. The standard InChI is InChI=1S/C13H18FNOS/c1-8(2)6-9(3)16-12-5-4-10(13(15)17)7-11(12)14/h4-5,7-9H,6H2,1-3H3,(H2,15,17). The van der Waals surface area contributed by atoms with Crippen LogP contribution in [0.15, 0.2) is 18.2 Å². The van der Waals surface area contributed by atoms with Crippen molar-refractivity contribution in [2.24, 2.45) is 11.7 Å². The molecule has 0 saturated heterocycles. The van der Waals surface area contributed by atoms with Gasteiger partial charge in [0, 0.05) is 5.56 Å². The molecule has 0 heterocycles. The summed E-state index contributed by atoms with van der Waals surface area (Å²) in [4.78, 5) is 0.186. The number of rotatable bonds is 5. The molecule has 0 aliphatic heterocycles. The monoisotopic (exact) mass is 255 g/mol. The lowest BCUT2D eigenvalue weighted by Crippen LogP contribution is -2.16. The zero-order valence-corrected chi connectivity index (χ0v) is 11.2. The molecule has 1 aromatic carbocycles. The van der Waals surface area contributed by atoms with E-state index in [0.717, 1.165) is 6.42 Å². The largest absolute Gasteiger partial charge is 0.488 e. The second-order valence-corrected chi connectivity index (χ2v) is 5.01. The molecule has 2 N–H and O–H groups in total. The highest BCUT2D eigenvalue weighted by Crippen LogP contribution is 2.21. The smallest absolute Gasteiger partial charge is 0.165 e. The van der Waals surface area contributed by atoms with Crippen LogP contribution in [0.3, 0.4) is 0 Å². The van der Waals surface area contributed by atoms with E-state index in [1.807, 2.05) is 6.92 Å². The minimum Gasteiger partial charge on any atom is -0.488 e. The maximum atomic E-state index is 13.7. The van der Waals surface area contributed by atoms with Crippen molar-refractivity contribution in [3.8, 4) is 5.75 Å². The van der Waals surface area contributed by atoms with Crippen LogP contribution in [0.5, 0.6) is 5.75 Å². The molecule has 0 bridgehead atoms. The average Bonchev–Trinajstić information content (AvgIpc) is 2.19. The van der Waals surface area contributed by atoms with Crippen molar-refractivity contribution >= 4 is 17.2 Å². The highest BCUT2D eigenvalue weighted by molar-refractivity contribution is 7.80. The first-order valence-corrected chi connectivity index (χ1v) is 6.07. The van der Waals surface area contributed by atoms with E-state index in [2.05, 4.69) is 13.8 Å². The number of hydrogen-bond donors (Lipinski definition) is 1. The van der Waals surface area contributed by atoms with Crippen LogP contribution in [-0.2, 0) is 0 Å². The zero-order chi connectivity index (χ0) is 13.0. The van der Waals surface area contributed by atoms with E-state index in [1.165, 1.54) is 6.07 Å². The van der Waals surface area contributed by atoms with Crippen molar-refractivity contribution in [2.45, 2.75) is 33.3 Å². The fourth-order valence-electron chi connectivity index (χ4n) is 1.68. The van der Waals surface area contributed by atoms with Crippen molar-refractivity contribution in [1.29, 1.82) is 0 Å². The Labute approximate surface area is 107 Å². The van der Waals surface area contributed by atoms with E-state index in [1.54, 1.807) is 12.1 Å². The van der Waals surface area contributed by atoms with Gasteiger partial charge >= 0.3 is 0 Å². The lowest BCUT2D eigenvalue weighted by Gasteiger charge is -2.17. The Balaban J connectivity index is 2.75. The van der Waals surface area contributed by atoms with E-state index < -0.39 is 5.82 Å². The second kappa shape index (κ2) is 5.96. The third kappa shape index (κ3) is 4.30. The van der Waals surface area contributed by atoms with Crippen molar-refractivity contribution in [3.63, 3.8) is 0 Å². The van der Waals surface area contributed by atoms with Crippen molar-refractivity contribution in [3.05, 3.63) is 29.6 Å². The Morgan fingerprint density at radius 3 is 2.53 bits per heavy atom. The summed E-state index contributed by atoms with van der Waals surface area (Å²) in [6.45, 7) is 6.14. The lowest BCUT2D eigenvalue weighted by molar-refractivity contribution is 0.185. The SMILES string of the molecule is CC(C)CC(C)Oc1ccc(C(N)=S)cc1F. The van der Waals surface area contributed by atoms with Crippen molar-refractivity contribution in [2.75, 3.05) is 0 Å². The summed E-state index contributed by atoms with van der Waals surface area (Å²) >= 11 is 4.78. The molecule has 4 heteroatoms. The van der Waals surface area contributed by atoms with Crippen molar-refractivity contribution < 1.29 is 9.13 Å². The molecule has 2 nitrogen and oxygen atoms in total. The van der Waals surface area contributed by atoms with Crippen LogP contribution in [0.4, 0.5) is 4.39 Å². The third-order valence-corrected chi connectivity index (χ3v) is 2.58. The van der Waals surface area contributed by atoms with Crippen LogP contribution in [0.25, 0.3) is 0 Å². The highest BCUT2D eigenvalue weighted by Gasteiger charge is 2.11. The van der Waals surface area contributed by atoms with Crippen LogP contribution in [0.2, 0.25) is 0 Å². The van der Waals surface area contributed by atoms with E-state index in [0.29, 0.717) is 11.5 Å². The Hall–Kier alpha value is -1.16. The topological polar surface area (TPSA) is 35.2 Å².